The average Bonchev–Trinajstić information content (AvgIpc) is 2.82. The van der Waals surface area contributed by atoms with Gasteiger partial charge in [0, 0.05) is 25.8 Å². The Morgan fingerprint density at radius 2 is 1.68 bits per heavy atom. The summed E-state index contributed by atoms with van der Waals surface area (Å²) >= 11 is 0. The van der Waals surface area contributed by atoms with Gasteiger partial charge in [-0.05, 0) is 30.0 Å². The molecule has 0 fully saturated rings. The van der Waals surface area contributed by atoms with Crippen LogP contribution in [0.1, 0.15) is 49.6 Å². The summed E-state index contributed by atoms with van der Waals surface area (Å²) in [6, 6.07) is 11.2. The van der Waals surface area contributed by atoms with Crippen molar-refractivity contribution in [3.8, 4) is 0 Å². The number of rotatable bonds is 5. The van der Waals surface area contributed by atoms with Crippen LogP contribution in [-0.4, -0.2) is 9.78 Å². The van der Waals surface area contributed by atoms with Gasteiger partial charge >= 0.3 is 0 Å². The number of hydrogen-bond donors (Lipinski definition) is 1. The summed E-state index contributed by atoms with van der Waals surface area (Å²) in [5.74, 6) is 0.589. The normalized spacial score (nSPS) is 12.9. The van der Waals surface area contributed by atoms with E-state index in [4.69, 9.17) is 0 Å². The first-order valence-corrected chi connectivity index (χ1v) is 6.88. The first-order valence-electron chi connectivity index (χ1n) is 6.88. The molecule has 0 aliphatic heterocycles. The molecular formula is C16H23N3. The molecule has 0 spiro atoms. The molecule has 1 N–H and O–H groups in total. The summed E-state index contributed by atoms with van der Waals surface area (Å²) in [6.07, 6.45) is 1.97. The lowest BCUT2D eigenvalue weighted by Gasteiger charge is -2.14. The Balaban J connectivity index is 1.94. The Hall–Kier alpha value is -1.61. The smallest absolute Gasteiger partial charge is 0.0762 e. The number of hydrogen-bond acceptors (Lipinski definition) is 2. The molecule has 3 heteroatoms. The molecule has 1 atom stereocenters. The second-order valence-electron chi connectivity index (χ2n) is 5.40. The van der Waals surface area contributed by atoms with Gasteiger partial charge in [0.1, 0.15) is 0 Å². The van der Waals surface area contributed by atoms with Crippen LogP contribution < -0.4 is 5.32 Å². The van der Waals surface area contributed by atoms with Gasteiger partial charge in [0.05, 0.1) is 5.69 Å². The second kappa shape index (κ2) is 6.02. The molecule has 0 bridgehead atoms. The highest BCUT2D eigenvalue weighted by molar-refractivity contribution is 5.26. The maximum Gasteiger partial charge on any atom is 0.0762 e. The molecular weight excluding hydrogens is 234 g/mol. The molecule has 0 saturated heterocycles. The maximum atomic E-state index is 4.37. The Morgan fingerprint density at radius 3 is 2.21 bits per heavy atom. The largest absolute Gasteiger partial charge is 0.304 e. The minimum absolute atomic E-state index is 0.336. The lowest BCUT2D eigenvalue weighted by molar-refractivity contribution is 0.561. The molecule has 1 unspecified atom stereocenters. The van der Waals surface area contributed by atoms with Crippen LogP contribution in [0.15, 0.2) is 36.5 Å². The first-order chi connectivity index (χ1) is 9.06. The Kier molecular flexibility index (Phi) is 4.38. The van der Waals surface area contributed by atoms with E-state index < -0.39 is 0 Å². The van der Waals surface area contributed by atoms with Crippen LogP contribution in [0.2, 0.25) is 0 Å². The topological polar surface area (TPSA) is 29.9 Å². The van der Waals surface area contributed by atoms with E-state index in [1.165, 1.54) is 11.1 Å². The molecule has 2 aromatic rings. The average molecular weight is 257 g/mol. The summed E-state index contributed by atoms with van der Waals surface area (Å²) in [4.78, 5) is 0. The minimum Gasteiger partial charge on any atom is -0.304 e. The zero-order chi connectivity index (χ0) is 13.8. The first kappa shape index (κ1) is 13.8. The fourth-order valence-corrected chi connectivity index (χ4v) is 2.10. The lowest BCUT2D eigenvalue weighted by Crippen LogP contribution is -2.18. The van der Waals surface area contributed by atoms with Crippen molar-refractivity contribution in [1.82, 2.24) is 15.1 Å². The maximum absolute atomic E-state index is 4.37. The predicted octanol–water partition coefficient (Wildman–Crippen LogP) is 3.39. The second-order valence-corrected chi connectivity index (χ2v) is 5.40. The number of aryl methyl sites for hydroxylation is 1. The highest BCUT2D eigenvalue weighted by atomic mass is 15.3. The summed E-state index contributed by atoms with van der Waals surface area (Å²) in [5, 5.41) is 7.87. The molecule has 0 saturated carbocycles. The van der Waals surface area contributed by atoms with Gasteiger partial charge in [-0.15, -0.1) is 0 Å². The van der Waals surface area contributed by atoms with Crippen molar-refractivity contribution in [2.24, 2.45) is 7.05 Å². The van der Waals surface area contributed by atoms with Crippen LogP contribution in [0.25, 0.3) is 0 Å². The van der Waals surface area contributed by atoms with Crippen molar-refractivity contribution in [1.29, 1.82) is 0 Å². The van der Waals surface area contributed by atoms with Crippen molar-refractivity contribution in [2.75, 3.05) is 0 Å². The monoisotopic (exact) mass is 257 g/mol. The van der Waals surface area contributed by atoms with Crippen molar-refractivity contribution in [3.63, 3.8) is 0 Å². The van der Waals surface area contributed by atoms with Gasteiger partial charge < -0.3 is 5.32 Å². The zero-order valence-electron chi connectivity index (χ0n) is 12.2. The van der Waals surface area contributed by atoms with Gasteiger partial charge in [-0.2, -0.15) is 5.10 Å². The molecule has 1 heterocycles. The summed E-state index contributed by atoms with van der Waals surface area (Å²) in [7, 11) is 1.94. The molecule has 0 radical (unpaired) electrons. The third kappa shape index (κ3) is 3.67. The molecule has 19 heavy (non-hydrogen) atoms. The molecule has 102 valence electrons. The highest BCUT2D eigenvalue weighted by Gasteiger charge is 2.06. The van der Waals surface area contributed by atoms with E-state index in [9.17, 15) is 0 Å². The molecule has 1 aromatic heterocycles. The van der Waals surface area contributed by atoms with Crippen molar-refractivity contribution >= 4 is 0 Å². The molecule has 0 amide bonds. The van der Waals surface area contributed by atoms with Crippen LogP contribution in [0.4, 0.5) is 0 Å². The quantitative estimate of drug-likeness (QED) is 0.889. The predicted molar refractivity (Wildman–Crippen MR) is 79.0 cm³/mol. The number of benzene rings is 1. The third-order valence-corrected chi connectivity index (χ3v) is 3.46. The number of nitrogens with one attached hydrogen (secondary N) is 1. The van der Waals surface area contributed by atoms with E-state index in [2.05, 4.69) is 55.5 Å². The summed E-state index contributed by atoms with van der Waals surface area (Å²) in [6.45, 7) is 7.43. The Morgan fingerprint density at radius 1 is 1.05 bits per heavy atom. The number of nitrogens with zero attached hydrogens (tertiary/aromatic N) is 2. The van der Waals surface area contributed by atoms with Gasteiger partial charge in [-0.1, -0.05) is 38.1 Å². The van der Waals surface area contributed by atoms with Crippen LogP contribution in [-0.2, 0) is 13.6 Å². The van der Waals surface area contributed by atoms with Crippen LogP contribution in [0.5, 0.6) is 0 Å². The van der Waals surface area contributed by atoms with Gasteiger partial charge in [0.2, 0.25) is 0 Å². The molecule has 0 aliphatic rings. The van der Waals surface area contributed by atoms with E-state index in [1.807, 2.05) is 24.0 Å². The van der Waals surface area contributed by atoms with Crippen LogP contribution >= 0.6 is 0 Å². The van der Waals surface area contributed by atoms with E-state index >= 15 is 0 Å². The van der Waals surface area contributed by atoms with Crippen molar-refractivity contribution in [3.05, 3.63) is 53.3 Å². The van der Waals surface area contributed by atoms with Crippen LogP contribution in [0.3, 0.4) is 0 Å². The highest BCUT2D eigenvalue weighted by Crippen LogP contribution is 2.18. The zero-order valence-corrected chi connectivity index (χ0v) is 12.2. The van der Waals surface area contributed by atoms with Gasteiger partial charge in [0.15, 0.2) is 0 Å². The van der Waals surface area contributed by atoms with E-state index in [1.54, 1.807) is 0 Å². The van der Waals surface area contributed by atoms with Gasteiger partial charge in [-0.3, -0.25) is 4.68 Å². The Labute approximate surface area is 115 Å². The lowest BCUT2D eigenvalue weighted by atomic mass is 9.99. The molecule has 1 aromatic carbocycles. The van der Waals surface area contributed by atoms with Crippen LogP contribution in [0, 0.1) is 0 Å². The van der Waals surface area contributed by atoms with E-state index in [0.717, 1.165) is 12.2 Å². The SMILES string of the molecule is CC(C)c1ccc(C(C)NCc2ccn(C)n2)cc1. The van der Waals surface area contributed by atoms with E-state index in [0.29, 0.717) is 12.0 Å². The van der Waals surface area contributed by atoms with Gasteiger partial charge in [0.25, 0.3) is 0 Å². The summed E-state index contributed by atoms with van der Waals surface area (Å²) < 4.78 is 1.83. The molecule has 3 nitrogen and oxygen atoms in total. The standard InChI is InChI=1S/C16H23N3/c1-12(2)14-5-7-15(8-6-14)13(3)17-11-16-9-10-19(4)18-16/h5-10,12-13,17H,11H2,1-4H3. The van der Waals surface area contributed by atoms with Gasteiger partial charge in [-0.25, -0.2) is 0 Å². The molecule has 2 rings (SSSR count). The minimum atomic E-state index is 0.336. The molecule has 0 aliphatic carbocycles. The fourth-order valence-electron chi connectivity index (χ4n) is 2.10. The number of aromatic nitrogens is 2. The third-order valence-electron chi connectivity index (χ3n) is 3.46. The fraction of sp³-hybridized carbons (Fsp3) is 0.438. The van der Waals surface area contributed by atoms with Crippen molar-refractivity contribution in [2.45, 2.75) is 39.3 Å². The van der Waals surface area contributed by atoms with E-state index in [-0.39, 0.29) is 0 Å². The summed E-state index contributed by atoms with van der Waals surface area (Å²) in [5.41, 5.74) is 3.79. The van der Waals surface area contributed by atoms with Crippen molar-refractivity contribution < 1.29 is 0 Å². The Bertz CT molecular complexity index is 511.